The van der Waals surface area contributed by atoms with Crippen molar-refractivity contribution in [2.24, 2.45) is 5.92 Å². The molecule has 4 heteroatoms. The summed E-state index contributed by atoms with van der Waals surface area (Å²) in [5.74, 6) is 1.54. The highest BCUT2D eigenvalue weighted by Gasteiger charge is 2.36. The third-order valence-electron chi connectivity index (χ3n) is 6.48. The van der Waals surface area contributed by atoms with E-state index in [0.29, 0.717) is 12.1 Å². The van der Waals surface area contributed by atoms with E-state index in [9.17, 15) is 0 Å². The first-order valence-electron chi connectivity index (χ1n) is 10.0. The summed E-state index contributed by atoms with van der Waals surface area (Å²) in [6.45, 7) is 2.81. The second kappa shape index (κ2) is 9.36. The summed E-state index contributed by atoms with van der Waals surface area (Å²) < 4.78 is 5.71. The first kappa shape index (κ1) is 19.2. The summed E-state index contributed by atoms with van der Waals surface area (Å²) in [6.07, 6.45) is 9.42. The number of ether oxygens (including phenoxy) is 1. The molecule has 0 bridgehead atoms. The Kier molecular flexibility index (Phi) is 7.18. The van der Waals surface area contributed by atoms with Crippen LogP contribution in [0.1, 0.15) is 56.4 Å². The van der Waals surface area contributed by atoms with E-state index >= 15 is 0 Å². The van der Waals surface area contributed by atoms with Gasteiger partial charge >= 0.3 is 0 Å². The van der Waals surface area contributed by atoms with Crippen LogP contribution < -0.4 is 10.6 Å². The van der Waals surface area contributed by atoms with E-state index in [-0.39, 0.29) is 12.4 Å². The molecule has 1 saturated heterocycles. The molecule has 1 aromatic carbocycles. The van der Waals surface area contributed by atoms with Crippen molar-refractivity contribution in [3.63, 3.8) is 0 Å². The molecule has 2 aliphatic carbocycles. The molecule has 1 aromatic rings. The van der Waals surface area contributed by atoms with Gasteiger partial charge < -0.3 is 15.4 Å². The van der Waals surface area contributed by atoms with E-state index in [4.69, 9.17) is 4.74 Å². The van der Waals surface area contributed by atoms with Crippen LogP contribution in [0.5, 0.6) is 0 Å². The van der Waals surface area contributed by atoms with Gasteiger partial charge in [-0.2, -0.15) is 0 Å². The summed E-state index contributed by atoms with van der Waals surface area (Å²) in [7, 11) is 0. The van der Waals surface area contributed by atoms with Gasteiger partial charge in [0.2, 0.25) is 0 Å². The molecule has 4 rings (SSSR count). The van der Waals surface area contributed by atoms with Crippen LogP contribution in [0.2, 0.25) is 0 Å². The van der Waals surface area contributed by atoms with Crippen LogP contribution in [0.4, 0.5) is 0 Å². The van der Waals surface area contributed by atoms with Gasteiger partial charge in [-0.15, -0.1) is 12.4 Å². The average Bonchev–Trinajstić information content (AvgIpc) is 3.12. The predicted molar refractivity (Wildman–Crippen MR) is 106 cm³/mol. The zero-order valence-electron chi connectivity index (χ0n) is 15.2. The van der Waals surface area contributed by atoms with Gasteiger partial charge in [0.25, 0.3) is 0 Å². The van der Waals surface area contributed by atoms with E-state index < -0.39 is 0 Å². The van der Waals surface area contributed by atoms with Crippen molar-refractivity contribution in [3.8, 4) is 0 Å². The molecule has 2 N–H and O–H groups in total. The first-order chi connectivity index (χ1) is 11.9. The quantitative estimate of drug-likeness (QED) is 0.850. The fraction of sp³-hybridized carbons (Fsp3) is 0.714. The molecule has 0 amide bonds. The van der Waals surface area contributed by atoms with Gasteiger partial charge in [-0.3, -0.25) is 0 Å². The lowest BCUT2D eigenvalue weighted by Gasteiger charge is -2.37. The molecule has 2 saturated carbocycles. The number of rotatable bonds is 4. The Hall–Kier alpha value is -0.610. The molecule has 3 atom stereocenters. The van der Waals surface area contributed by atoms with Gasteiger partial charge in [-0.1, -0.05) is 36.8 Å². The highest BCUT2D eigenvalue weighted by molar-refractivity contribution is 5.85. The Morgan fingerprint density at radius 3 is 2.48 bits per heavy atom. The molecular weight excluding hydrogens is 332 g/mol. The van der Waals surface area contributed by atoms with Crippen LogP contribution in [-0.4, -0.2) is 37.9 Å². The van der Waals surface area contributed by atoms with Gasteiger partial charge in [0.1, 0.15) is 0 Å². The summed E-state index contributed by atoms with van der Waals surface area (Å²) in [5, 5.41) is 7.73. The van der Waals surface area contributed by atoms with E-state index in [1.165, 1.54) is 44.9 Å². The number of nitrogens with one attached hydrogen (secondary N) is 2. The summed E-state index contributed by atoms with van der Waals surface area (Å²) in [5.41, 5.74) is 1.54. The molecule has 1 heterocycles. The Balaban J connectivity index is 0.00000182. The van der Waals surface area contributed by atoms with Gasteiger partial charge in [0, 0.05) is 24.7 Å². The van der Waals surface area contributed by atoms with Crippen molar-refractivity contribution in [1.29, 1.82) is 0 Å². The molecular formula is C21H33ClN2O. The van der Waals surface area contributed by atoms with Crippen molar-refractivity contribution < 1.29 is 4.74 Å². The highest BCUT2D eigenvalue weighted by Crippen LogP contribution is 2.35. The van der Waals surface area contributed by atoms with Crippen molar-refractivity contribution >= 4 is 12.4 Å². The number of benzene rings is 1. The number of hydrogen-bond acceptors (Lipinski definition) is 3. The smallest absolute Gasteiger partial charge is 0.0623 e. The lowest BCUT2D eigenvalue weighted by atomic mass is 9.81. The third-order valence-corrected chi connectivity index (χ3v) is 6.48. The van der Waals surface area contributed by atoms with Crippen molar-refractivity contribution in [2.45, 2.75) is 69.0 Å². The van der Waals surface area contributed by atoms with Crippen LogP contribution in [0.15, 0.2) is 30.3 Å². The van der Waals surface area contributed by atoms with E-state index in [1.807, 2.05) is 0 Å². The number of halogens is 1. The standard InChI is InChI=1S/C21H32N2O.ClH/c1-2-5-16(6-3-1)17-9-11-18(12-10-17)23-20-8-4-7-19(20)21-15-24-14-13-22-21;/h1-3,5-6,17-23H,4,7-15H2;1H. The van der Waals surface area contributed by atoms with Crippen molar-refractivity contribution in [2.75, 3.05) is 19.8 Å². The SMILES string of the molecule is Cl.c1ccc(C2CCC(NC3CCCC3C3COCCN3)CC2)cc1. The van der Waals surface area contributed by atoms with Gasteiger partial charge in [-0.05, 0) is 55.9 Å². The summed E-state index contributed by atoms with van der Waals surface area (Å²) in [6, 6.07) is 13.1. The first-order valence-corrected chi connectivity index (χ1v) is 10.0. The van der Waals surface area contributed by atoms with E-state index in [2.05, 4.69) is 41.0 Å². The molecule has 1 aliphatic heterocycles. The lowest BCUT2D eigenvalue weighted by molar-refractivity contribution is 0.0511. The molecule has 3 unspecified atom stereocenters. The number of morpholine rings is 1. The minimum Gasteiger partial charge on any atom is -0.379 e. The Morgan fingerprint density at radius 2 is 1.76 bits per heavy atom. The molecule has 0 radical (unpaired) electrons. The zero-order chi connectivity index (χ0) is 16.2. The maximum absolute atomic E-state index is 5.71. The number of hydrogen-bond donors (Lipinski definition) is 2. The zero-order valence-corrected chi connectivity index (χ0v) is 16.0. The van der Waals surface area contributed by atoms with Gasteiger partial charge in [-0.25, -0.2) is 0 Å². The van der Waals surface area contributed by atoms with Gasteiger partial charge in [0.05, 0.1) is 13.2 Å². The fourth-order valence-electron chi connectivity index (χ4n) is 5.16. The Labute approximate surface area is 158 Å². The van der Waals surface area contributed by atoms with Crippen LogP contribution in [0, 0.1) is 5.92 Å². The van der Waals surface area contributed by atoms with Gasteiger partial charge in [0.15, 0.2) is 0 Å². The molecule has 3 nitrogen and oxygen atoms in total. The topological polar surface area (TPSA) is 33.3 Å². The second-order valence-corrected chi connectivity index (χ2v) is 7.96. The maximum atomic E-state index is 5.71. The summed E-state index contributed by atoms with van der Waals surface area (Å²) in [4.78, 5) is 0. The molecule has 3 fully saturated rings. The minimum absolute atomic E-state index is 0. The normalized spacial score (nSPS) is 35.9. The van der Waals surface area contributed by atoms with E-state index in [1.54, 1.807) is 5.56 Å². The Bertz CT molecular complexity index is 498. The lowest BCUT2D eigenvalue weighted by Crippen LogP contribution is -2.52. The molecule has 0 spiro atoms. The van der Waals surface area contributed by atoms with Crippen molar-refractivity contribution in [1.82, 2.24) is 10.6 Å². The van der Waals surface area contributed by atoms with Crippen LogP contribution in [-0.2, 0) is 4.74 Å². The second-order valence-electron chi connectivity index (χ2n) is 7.96. The highest BCUT2D eigenvalue weighted by atomic mass is 35.5. The largest absolute Gasteiger partial charge is 0.379 e. The average molecular weight is 365 g/mol. The fourth-order valence-corrected chi connectivity index (χ4v) is 5.16. The van der Waals surface area contributed by atoms with Crippen LogP contribution in [0.3, 0.4) is 0 Å². The molecule has 140 valence electrons. The molecule has 3 aliphatic rings. The third kappa shape index (κ3) is 4.77. The maximum Gasteiger partial charge on any atom is 0.0623 e. The minimum atomic E-state index is 0. The Morgan fingerprint density at radius 1 is 0.960 bits per heavy atom. The predicted octanol–water partition coefficient (Wildman–Crippen LogP) is 3.88. The summed E-state index contributed by atoms with van der Waals surface area (Å²) >= 11 is 0. The van der Waals surface area contributed by atoms with Crippen molar-refractivity contribution in [3.05, 3.63) is 35.9 Å². The van der Waals surface area contributed by atoms with E-state index in [0.717, 1.165) is 37.6 Å². The van der Waals surface area contributed by atoms with Crippen LogP contribution in [0.25, 0.3) is 0 Å². The van der Waals surface area contributed by atoms with Crippen LogP contribution >= 0.6 is 12.4 Å². The molecule has 25 heavy (non-hydrogen) atoms. The molecule has 0 aromatic heterocycles. The monoisotopic (exact) mass is 364 g/mol.